The molecule has 0 aromatic carbocycles. The third-order valence-corrected chi connectivity index (χ3v) is 5.44. The number of aryl methyl sites for hydroxylation is 1. The molecule has 0 bridgehead atoms. The zero-order chi connectivity index (χ0) is 19.8. The van der Waals surface area contributed by atoms with Crippen LogP contribution in [0.2, 0.25) is 0 Å². The third-order valence-electron chi connectivity index (χ3n) is 5.44. The molecule has 28 heavy (non-hydrogen) atoms. The molecule has 1 aromatic rings. The van der Waals surface area contributed by atoms with Crippen molar-refractivity contribution in [2.75, 3.05) is 39.3 Å². The van der Waals surface area contributed by atoms with Gasteiger partial charge in [0.05, 0.1) is 25.9 Å². The lowest BCUT2D eigenvalue weighted by Crippen LogP contribution is -2.48. The van der Waals surface area contributed by atoms with Crippen molar-refractivity contribution < 1.29 is 9.53 Å². The smallest absolute Gasteiger partial charge is 0.220 e. The van der Waals surface area contributed by atoms with E-state index in [2.05, 4.69) is 27.6 Å². The Labute approximate surface area is 167 Å². The van der Waals surface area contributed by atoms with Gasteiger partial charge in [-0.25, -0.2) is 0 Å². The lowest BCUT2D eigenvalue weighted by Gasteiger charge is -2.34. The van der Waals surface area contributed by atoms with Gasteiger partial charge in [0, 0.05) is 44.9 Å². The molecule has 2 fully saturated rings. The number of rotatable bonds is 7. The van der Waals surface area contributed by atoms with E-state index in [9.17, 15) is 4.79 Å². The molecule has 1 saturated heterocycles. The number of aromatic nitrogens is 2. The van der Waals surface area contributed by atoms with Crippen LogP contribution in [-0.4, -0.2) is 65.9 Å². The van der Waals surface area contributed by atoms with Gasteiger partial charge in [-0.3, -0.25) is 14.5 Å². The van der Waals surface area contributed by atoms with Gasteiger partial charge < -0.3 is 20.3 Å². The second kappa shape index (κ2) is 10.5. The maximum absolute atomic E-state index is 12.1. The molecule has 2 aliphatic rings. The zero-order valence-corrected chi connectivity index (χ0v) is 17.2. The fourth-order valence-electron chi connectivity index (χ4n) is 3.98. The number of amides is 1. The Morgan fingerprint density at radius 2 is 2.18 bits per heavy atom. The number of hydrogen-bond donors (Lipinski definition) is 2. The van der Waals surface area contributed by atoms with Gasteiger partial charge in [-0.05, 0) is 25.7 Å². The number of nitrogens with zero attached hydrogens (tertiary/aromatic N) is 4. The summed E-state index contributed by atoms with van der Waals surface area (Å²) >= 11 is 0. The van der Waals surface area contributed by atoms with E-state index in [-0.39, 0.29) is 12.0 Å². The summed E-state index contributed by atoms with van der Waals surface area (Å²) in [6.45, 7) is 6.23. The maximum Gasteiger partial charge on any atom is 0.220 e. The fraction of sp³-hybridized carbons (Fsp3) is 0.750. The molecular formula is C20H34N6O2. The van der Waals surface area contributed by atoms with Gasteiger partial charge in [0.2, 0.25) is 5.91 Å². The highest BCUT2D eigenvalue weighted by atomic mass is 16.5. The zero-order valence-electron chi connectivity index (χ0n) is 17.2. The molecule has 0 spiro atoms. The van der Waals surface area contributed by atoms with Gasteiger partial charge in [-0.1, -0.05) is 12.8 Å². The number of morpholine rings is 1. The first-order valence-corrected chi connectivity index (χ1v) is 10.6. The Morgan fingerprint density at radius 3 is 2.89 bits per heavy atom. The van der Waals surface area contributed by atoms with E-state index in [1.54, 1.807) is 4.68 Å². The Kier molecular flexibility index (Phi) is 7.71. The Bertz CT molecular complexity index is 653. The number of hydrogen-bond acceptors (Lipinski definition) is 4. The molecule has 1 aliphatic heterocycles. The maximum atomic E-state index is 12.1. The lowest BCUT2D eigenvalue weighted by molar-refractivity contribution is -0.121. The largest absolute Gasteiger partial charge is 0.370 e. The van der Waals surface area contributed by atoms with Gasteiger partial charge in [-0.15, -0.1) is 0 Å². The molecule has 3 rings (SSSR count). The van der Waals surface area contributed by atoms with Crippen LogP contribution in [0.4, 0.5) is 0 Å². The van der Waals surface area contributed by atoms with Crippen LogP contribution in [0.1, 0.15) is 50.7 Å². The van der Waals surface area contributed by atoms with Crippen LogP contribution in [0.15, 0.2) is 17.4 Å². The standard InChI is InChI=1S/C20H34N6O2/c1-3-21-20(23-9-8-22-19(27)12-16-6-4-5-7-16)26-10-11-28-18(15-26)17-13-24-25(2)14-17/h13-14,16,18H,3-12,15H2,1-2H3,(H,21,23)(H,22,27). The summed E-state index contributed by atoms with van der Waals surface area (Å²) in [5, 5.41) is 10.6. The van der Waals surface area contributed by atoms with Crippen LogP contribution in [0.5, 0.6) is 0 Å². The predicted molar refractivity (Wildman–Crippen MR) is 109 cm³/mol. The predicted octanol–water partition coefficient (Wildman–Crippen LogP) is 1.46. The van der Waals surface area contributed by atoms with Crippen molar-refractivity contribution in [3.05, 3.63) is 18.0 Å². The van der Waals surface area contributed by atoms with E-state index in [4.69, 9.17) is 9.73 Å². The summed E-state index contributed by atoms with van der Waals surface area (Å²) < 4.78 is 7.72. The minimum absolute atomic E-state index is 0.00239. The first-order valence-electron chi connectivity index (χ1n) is 10.6. The summed E-state index contributed by atoms with van der Waals surface area (Å²) in [6, 6.07) is 0. The number of carbonyl (C=O) groups excluding carboxylic acids is 1. The van der Waals surface area contributed by atoms with E-state index in [1.165, 1.54) is 25.7 Å². The van der Waals surface area contributed by atoms with Gasteiger partial charge in [0.1, 0.15) is 6.10 Å². The molecular weight excluding hydrogens is 356 g/mol. The molecule has 1 aromatic heterocycles. The lowest BCUT2D eigenvalue weighted by atomic mass is 10.0. The van der Waals surface area contributed by atoms with Crippen LogP contribution >= 0.6 is 0 Å². The molecule has 2 N–H and O–H groups in total. The average molecular weight is 391 g/mol. The van der Waals surface area contributed by atoms with E-state index >= 15 is 0 Å². The Morgan fingerprint density at radius 1 is 1.36 bits per heavy atom. The number of carbonyl (C=O) groups is 1. The second-order valence-corrected chi connectivity index (χ2v) is 7.69. The van der Waals surface area contributed by atoms with Gasteiger partial charge in [0.15, 0.2) is 5.96 Å². The first-order chi connectivity index (χ1) is 13.7. The highest BCUT2D eigenvalue weighted by Crippen LogP contribution is 2.27. The minimum Gasteiger partial charge on any atom is -0.370 e. The van der Waals surface area contributed by atoms with E-state index in [0.717, 1.165) is 31.2 Å². The van der Waals surface area contributed by atoms with Gasteiger partial charge in [0.25, 0.3) is 0 Å². The highest BCUT2D eigenvalue weighted by Gasteiger charge is 2.25. The van der Waals surface area contributed by atoms with Crippen molar-refractivity contribution in [1.29, 1.82) is 0 Å². The number of ether oxygens (including phenoxy) is 1. The van der Waals surface area contributed by atoms with Crippen LogP contribution in [0, 0.1) is 5.92 Å². The van der Waals surface area contributed by atoms with Crippen molar-refractivity contribution in [3.8, 4) is 0 Å². The van der Waals surface area contributed by atoms with Gasteiger partial charge in [-0.2, -0.15) is 5.10 Å². The van der Waals surface area contributed by atoms with Crippen LogP contribution in [0.3, 0.4) is 0 Å². The minimum atomic E-state index is -0.00239. The molecule has 1 aliphatic carbocycles. The molecule has 156 valence electrons. The van der Waals surface area contributed by atoms with Crippen molar-refractivity contribution in [2.24, 2.45) is 18.0 Å². The van der Waals surface area contributed by atoms with Gasteiger partial charge >= 0.3 is 0 Å². The molecule has 2 heterocycles. The molecule has 0 radical (unpaired) electrons. The number of aliphatic imine (C=N–C) groups is 1. The molecule has 8 nitrogen and oxygen atoms in total. The SMILES string of the molecule is CCNC(=NCCNC(=O)CC1CCCC1)N1CCOC(c2cnn(C)c2)C1. The highest BCUT2D eigenvalue weighted by molar-refractivity contribution is 5.80. The fourth-order valence-corrected chi connectivity index (χ4v) is 3.98. The average Bonchev–Trinajstić information content (AvgIpc) is 3.36. The quantitative estimate of drug-likeness (QED) is 0.418. The summed E-state index contributed by atoms with van der Waals surface area (Å²) in [4.78, 5) is 19.0. The molecule has 1 saturated carbocycles. The first kappa shape index (κ1) is 20.6. The molecule has 1 unspecified atom stereocenters. The van der Waals surface area contributed by atoms with Crippen molar-refractivity contribution in [1.82, 2.24) is 25.3 Å². The van der Waals surface area contributed by atoms with E-state index in [1.807, 2.05) is 19.4 Å². The normalized spacial score (nSPS) is 21.1. The second-order valence-electron chi connectivity index (χ2n) is 7.69. The number of nitrogens with one attached hydrogen (secondary N) is 2. The van der Waals surface area contributed by atoms with Crippen LogP contribution < -0.4 is 10.6 Å². The van der Waals surface area contributed by atoms with E-state index < -0.39 is 0 Å². The summed E-state index contributed by atoms with van der Waals surface area (Å²) in [5.74, 6) is 1.62. The van der Waals surface area contributed by atoms with Crippen molar-refractivity contribution in [3.63, 3.8) is 0 Å². The topological polar surface area (TPSA) is 83.8 Å². The molecule has 8 heteroatoms. The molecule has 1 amide bonds. The summed E-state index contributed by atoms with van der Waals surface area (Å²) in [6.07, 6.45) is 9.46. The van der Waals surface area contributed by atoms with Crippen LogP contribution in [0.25, 0.3) is 0 Å². The van der Waals surface area contributed by atoms with Crippen molar-refractivity contribution >= 4 is 11.9 Å². The third kappa shape index (κ3) is 5.95. The van der Waals surface area contributed by atoms with E-state index in [0.29, 0.717) is 32.0 Å². The summed E-state index contributed by atoms with van der Waals surface area (Å²) in [5.41, 5.74) is 1.09. The number of guanidine groups is 1. The van der Waals surface area contributed by atoms with Crippen molar-refractivity contribution in [2.45, 2.75) is 45.1 Å². The summed E-state index contributed by atoms with van der Waals surface area (Å²) in [7, 11) is 1.91. The van der Waals surface area contributed by atoms with Crippen LogP contribution in [-0.2, 0) is 16.6 Å². The monoisotopic (exact) mass is 390 g/mol. The molecule has 1 atom stereocenters. The Hall–Kier alpha value is -2.09. The Balaban J connectivity index is 1.48.